The second-order valence-electron chi connectivity index (χ2n) is 3.95. The predicted molar refractivity (Wildman–Crippen MR) is 45.2 cm³/mol. The molecule has 0 saturated heterocycles. The van der Waals surface area contributed by atoms with E-state index in [-0.39, 0.29) is 0 Å². The van der Waals surface area contributed by atoms with Gasteiger partial charge >= 0.3 is 6.18 Å². The quantitative estimate of drug-likeness (QED) is 0.706. The van der Waals surface area contributed by atoms with Gasteiger partial charge in [0.15, 0.2) is 5.25 Å². The Hall–Kier alpha value is -0.340. The van der Waals surface area contributed by atoms with Gasteiger partial charge in [-0.15, -0.1) is 0 Å². The molecule has 4 nitrogen and oxygen atoms in total. The van der Waals surface area contributed by atoms with E-state index in [9.17, 15) is 26.1 Å². The number of hydrogen-bond acceptors (Lipinski definition) is 4. The van der Waals surface area contributed by atoms with Crippen molar-refractivity contribution in [2.75, 3.05) is 6.61 Å². The second kappa shape index (κ2) is 4.26. The van der Waals surface area contributed by atoms with E-state index in [0.717, 1.165) is 0 Å². The van der Waals surface area contributed by atoms with Gasteiger partial charge in [0.1, 0.15) is 10.1 Å². The largest absolute Gasteiger partial charge is 0.747 e. The molecule has 0 radical (unpaired) electrons. The average Bonchev–Trinajstić information content (AvgIpc) is 1.75. The van der Waals surface area contributed by atoms with Gasteiger partial charge in [0.25, 0.3) is 0 Å². The lowest BCUT2D eigenvalue weighted by molar-refractivity contribution is -0.150. The smallest absolute Gasteiger partial charge is 0.406 e. The third kappa shape index (κ3) is 5.95. The molecule has 0 bridgehead atoms. The summed E-state index contributed by atoms with van der Waals surface area (Å²) in [5, 5.41) is -3.01. The Kier molecular flexibility index (Phi) is 4.17. The van der Waals surface area contributed by atoms with Crippen LogP contribution in [0.4, 0.5) is 13.2 Å². The highest BCUT2D eigenvalue weighted by Gasteiger charge is 2.45. The van der Waals surface area contributed by atoms with Crippen molar-refractivity contribution in [1.29, 1.82) is 0 Å². The zero-order valence-corrected chi connectivity index (χ0v) is 9.28. The molecule has 92 valence electrons. The maximum Gasteiger partial charge on any atom is 0.406 e. The van der Waals surface area contributed by atoms with Crippen LogP contribution in [-0.4, -0.2) is 36.6 Å². The first kappa shape index (κ1) is 14.7. The zero-order chi connectivity index (χ0) is 12.5. The van der Waals surface area contributed by atoms with Gasteiger partial charge in [0, 0.05) is 0 Å². The molecule has 0 aromatic heterocycles. The minimum Gasteiger partial charge on any atom is -0.747 e. The Morgan fingerprint density at radius 1 is 1.27 bits per heavy atom. The standard InChI is InChI=1S/C7H13F3O4S/c1-6(2,3)14-4-5(7(8,9)10)15(11,12)13/h5H,4H2,1-3H3,(H,11,12,13)/p-1. The van der Waals surface area contributed by atoms with Crippen LogP contribution < -0.4 is 0 Å². The number of ether oxygens (including phenoxy) is 1. The molecule has 0 saturated carbocycles. The van der Waals surface area contributed by atoms with Gasteiger partial charge in [-0.25, -0.2) is 8.42 Å². The van der Waals surface area contributed by atoms with Gasteiger partial charge in [-0.3, -0.25) is 0 Å². The van der Waals surface area contributed by atoms with Gasteiger partial charge < -0.3 is 9.29 Å². The van der Waals surface area contributed by atoms with Crippen molar-refractivity contribution in [2.45, 2.75) is 37.8 Å². The molecular formula is C7H12F3O4S-. The van der Waals surface area contributed by atoms with Crippen molar-refractivity contribution in [3.05, 3.63) is 0 Å². The summed E-state index contributed by atoms with van der Waals surface area (Å²) >= 11 is 0. The number of hydrogen-bond donors (Lipinski definition) is 0. The molecule has 0 aliphatic heterocycles. The van der Waals surface area contributed by atoms with Crippen LogP contribution in [0.25, 0.3) is 0 Å². The lowest BCUT2D eigenvalue weighted by Crippen LogP contribution is -2.42. The summed E-state index contributed by atoms with van der Waals surface area (Å²) in [6.45, 7) is 3.19. The van der Waals surface area contributed by atoms with Gasteiger partial charge in [0.05, 0.1) is 12.2 Å². The van der Waals surface area contributed by atoms with Crippen molar-refractivity contribution in [1.82, 2.24) is 0 Å². The molecule has 0 heterocycles. The lowest BCUT2D eigenvalue weighted by atomic mass is 10.2. The highest BCUT2D eigenvalue weighted by atomic mass is 32.2. The highest BCUT2D eigenvalue weighted by Crippen LogP contribution is 2.26. The Labute approximate surface area is 86.2 Å². The zero-order valence-electron chi connectivity index (χ0n) is 8.46. The van der Waals surface area contributed by atoms with Crippen LogP contribution in [0.5, 0.6) is 0 Å². The van der Waals surface area contributed by atoms with Crippen LogP contribution >= 0.6 is 0 Å². The van der Waals surface area contributed by atoms with Gasteiger partial charge in [0.2, 0.25) is 0 Å². The topological polar surface area (TPSA) is 66.4 Å². The van der Waals surface area contributed by atoms with E-state index in [0.29, 0.717) is 0 Å². The highest BCUT2D eigenvalue weighted by molar-refractivity contribution is 7.86. The number of rotatable bonds is 3. The summed E-state index contributed by atoms with van der Waals surface area (Å²) in [4.78, 5) is 0. The summed E-state index contributed by atoms with van der Waals surface area (Å²) < 4.78 is 72.1. The van der Waals surface area contributed by atoms with E-state index in [1.807, 2.05) is 0 Å². The fraction of sp³-hybridized carbons (Fsp3) is 1.00. The SMILES string of the molecule is CC(C)(C)OCC(C(F)(F)F)S(=O)(=O)[O-]. The Morgan fingerprint density at radius 2 is 1.67 bits per heavy atom. The first-order chi connectivity index (χ1) is 6.34. The Bertz CT molecular complexity index is 301. The molecule has 8 heteroatoms. The second-order valence-corrected chi connectivity index (χ2v) is 5.50. The molecule has 0 aromatic rings. The maximum atomic E-state index is 12.1. The third-order valence-corrected chi connectivity index (χ3v) is 2.48. The third-order valence-electron chi connectivity index (χ3n) is 1.38. The number of halogens is 3. The summed E-state index contributed by atoms with van der Waals surface area (Å²) in [6, 6.07) is 0. The van der Waals surface area contributed by atoms with E-state index in [1.54, 1.807) is 0 Å². The van der Waals surface area contributed by atoms with E-state index in [1.165, 1.54) is 20.8 Å². The van der Waals surface area contributed by atoms with Crippen LogP contribution in [0.2, 0.25) is 0 Å². The van der Waals surface area contributed by atoms with Crippen LogP contribution in [0.15, 0.2) is 0 Å². The molecule has 0 N–H and O–H groups in total. The first-order valence-corrected chi connectivity index (χ1v) is 5.46. The molecule has 0 aromatic carbocycles. The van der Waals surface area contributed by atoms with E-state index in [4.69, 9.17) is 0 Å². The summed E-state index contributed by atoms with van der Waals surface area (Å²) in [7, 11) is -5.45. The van der Waals surface area contributed by atoms with Crippen LogP contribution in [0.1, 0.15) is 20.8 Å². The molecule has 1 unspecified atom stereocenters. The molecule has 0 spiro atoms. The molecule has 0 aliphatic carbocycles. The average molecular weight is 249 g/mol. The monoisotopic (exact) mass is 249 g/mol. The molecule has 0 aliphatic rings. The van der Waals surface area contributed by atoms with Gasteiger partial charge in [-0.05, 0) is 20.8 Å². The van der Waals surface area contributed by atoms with E-state index in [2.05, 4.69) is 4.74 Å². The number of alkyl halides is 3. The summed E-state index contributed by atoms with van der Waals surface area (Å²) in [5.41, 5.74) is -0.936. The van der Waals surface area contributed by atoms with Crippen LogP contribution in [0, 0.1) is 0 Å². The molecule has 0 amide bonds. The molecule has 0 rings (SSSR count). The lowest BCUT2D eigenvalue weighted by Gasteiger charge is -2.27. The maximum absolute atomic E-state index is 12.1. The van der Waals surface area contributed by atoms with Crippen molar-refractivity contribution in [3.63, 3.8) is 0 Å². The minimum atomic E-state index is -5.45. The normalized spacial score (nSPS) is 16.5. The van der Waals surface area contributed by atoms with E-state index >= 15 is 0 Å². The van der Waals surface area contributed by atoms with Crippen molar-refractivity contribution < 1.29 is 30.9 Å². The predicted octanol–water partition coefficient (Wildman–Crippen LogP) is 1.28. The van der Waals surface area contributed by atoms with E-state index < -0.39 is 33.8 Å². The van der Waals surface area contributed by atoms with Crippen molar-refractivity contribution in [2.24, 2.45) is 0 Å². The fourth-order valence-corrected chi connectivity index (χ4v) is 1.23. The minimum absolute atomic E-state index is 0.936. The molecular weight excluding hydrogens is 237 g/mol. The summed E-state index contributed by atoms with van der Waals surface area (Å²) in [6.07, 6.45) is -5.11. The van der Waals surface area contributed by atoms with Crippen molar-refractivity contribution >= 4 is 10.1 Å². The molecule has 15 heavy (non-hydrogen) atoms. The fourth-order valence-electron chi connectivity index (χ4n) is 0.667. The molecule has 0 fully saturated rings. The first-order valence-electron chi connectivity index (χ1n) is 3.99. The van der Waals surface area contributed by atoms with Crippen LogP contribution in [-0.2, 0) is 14.9 Å². The van der Waals surface area contributed by atoms with Crippen molar-refractivity contribution in [3.8, 4) is 0 Å². The van der Waals surface area contributed by atoms with Gasteiger partial charge in [-0.2, -0.15) is 13.2 Å². The van der Waals surface area contributed by atoms with Crippen LogP contribution in [0.3, 0.4) is 0 Å². The Balaban J connectivity index is 4.72. The Morgan fingerprint density at radius 3 is 1.87 bits per heavy atom. The summed E-state index contributed by atoms with van der Waals surface area (Å²) in [5.74, 6) is 0. The van der Waals surface area contributed by atoms with Gasteiger partial charge in [-0.1, -0.05) is 0 Å². The molecule has 1 atom stereocenters.